The van der Waals surface area contributed by atoms with Crippen molar-refractivity contribution in [1.29, 1.82) is 0 Å². The summed E-state index contributed by atoms with van der Waals surface area (Å²) in [5.41, 5.74) is 0. The highest BCUT2D eigenvalue weighted by atomic mass is 15.2. The Morgan fingerprint density at radius 3 is 2.95 bits per heavy atom. The summed E-state index contributed by atoms with van der Waals surface area (Å²) >= 11 is 0. The number of nitrogens with one attached hydrogen (secondary N) is 1. The zero-order valence-electron chi connectivity index (χ0n) is 12.5. The van der Waals surface area contributed by atoms with E-state index in [-0.39, 0.29) is 0 Å². The van der Waals surface area contributed by atoms with Crippen LogP contribution in [-0.4, -0.2) is 46.2 Å². The Balaban J connectivity index is 1.77. The molecule has 1 aromatic rings. The zero-order chi connectivity index (χ0) is 13.7. The molecule has 4 heteroatoms. The van der Waals surface area contributed by atoms with Crippen LogP contribution in [0.1, 0.15) is 33.6 Å². The molecule has 1 aromatic heterocycles. The van der Waals surface area contributed by atoms with E-state index in [9.17, 15) is 0 Å². The molecule has 0 radical (unpaired) electrons. The summed E-state index contributed by atoms with van der Waals surface area (Å²) in [6, 6.07) is 1.32. The number of hydrogen-bond acceptors (Lipinski definition) is 3. The van der Waals surface area contributed by atoms with Gasteiger partial charge in [0.1, 0.15) is 0 Å². The smallest absolute Gasteiger partial charge is 0.0945 e. The summed E-state index contributed by atoms with van der Waals surface area (Å²) in [4.78, 5) is 6.73. The van der Waals surface area contributed by atoms with Crippen molar-refractivity contribution < 1.29 is 0 Å². The molecule has 2 rings (SSSR count). The maximum Gasteiger partial charge on any atom is 0.0945 e. The standard InChI is InChI=1S/C15H28N4/c1-4-13(2)15-11-19(14(3)10-17-15)8-5-7-18-9-6-16-12-18/h6,9,12-15,17H,4-5,7-8,10-11H2,1-3H3. The minimum atomic E-state index is 0.656. The Morgan fingerprint density at radius 2 is 2.26 bits per heavy atom. The van der Waals surface area contributed by atoms with Crippen LogP contribution in [0, 0.1) is 5.92 Å². The molecule has 0 aromatic carbocycles. The van der Waals surface area contributed by atoms with Crippen LogP contribution in [0.25, 0.3) is 0 Å². The van der Waals surface area contributed by atoms with E-state index < -0.39 is 0 Å². The van der Waals surface area contributed by atoms with Crippen molar-refractivity contribution in [3.63, 3.8) is 0 Å². The van der Waals surface area contributed by atoms with Crippen LogP contribution in [0.4, 0.5) is 0 Å². The fraction of sp³-hybridized carbons (Fsp3) is 0.800. The average molecular weight is 264 g/mol. The molecule has 0 amide bonds. The van der Waals surface area contributed by atoms with Crippen molar-refractivity contribution in [1.82, 2.24) is 19.8 Å². The van der Waals surface area contributed by atoms with E-state index in [1.807, 2.05) is 18.7 Å². The lowest BCUT2D eigenvalue weighted by Crippen LogP contribution is -2.57. The van der Waals surface area contributed by atoms with E-state index in [1.165, 1.54) is 25.9 Å². The largest absolute Gasteiger partial charge is 0.337 e. The Morgan fingerprint density at radius 1 is 1.42 bits per heavy atom. The molecule has 1 fully saturated rings. The molecule has 0 spiro atoms. The SMILES string of the molecule is CCC(C)C1CN(CCCn2ccnc2)C(C)CN1. The summed E-state index contributed by atoms with van der Waals surface area (Å²) in [5.74, 6) is 0.767. The summed E-state index contributed by atoms with van der Waals surface area (Å²) in [6.07, 6.45) is 8.27. The molecule has 0 aliphatic carbocycles. The van der Waals surface area contributed by atoms with Crippen molar-refractivity contribution in [2.24, 2.45) is 5.92 Å². The first-order chi connectivity index (χ1) is 9.20. The minimum Gasteiger partial charge on any atom is -0.337 e. The normalized spacial score (nSPS) is 26.5. The second kappa shape index (κ2) is 7.06. The summed E-state index contributed by atoms with van der Waals surface area (Å²) in [7, 11) is 0. The number of aryl methyl sites for hydroxylation is 1. The van der Waals surface area contributed by atoms with Gasteiger partial charge in [-0.15, -0.1) is 0 Å². The van der Waals surface area contributed by atoms with Gasteiger partial charge >= 0.3 is 0 Å². The highest BCUT2D eigenvalue weighted by molar-refractivity contribution is 4.86. The van der Waals surface area contributed by atoms with E-state index in [0.29, 0.717) is 12.1 Å². The molecule has 19 heavy (non-hydrogen) atoms. The van der Waals surface area contributed by atoms with Gasteiger partial charge in [0.2, 0.25) is 0 Å². The fourth-order valence-corrected chi connectivity index (χ4v) is 2.80. The molecule has 0 saturated carbocycles. The van der Waals surface area contributed by atoms with E-state index in [4.69, 9.17) is 0 Å². The van der Waals surface area contributed by atoms with Gasteiger partial charge in [0, 0.05) is 50.7 Å². The van der Waals surface area contributed by atoms with Crippen LogP contribution >= 0.6 is 0 Å². The predicted octanol–water partition coefficient (Wildman–Crippen LogP) is 1.98. The molecule has 3 unspecified atom stereocenters. The second-order valence-electron chi connectivity index (χ2n) is 5.90. The summed E-state index contributed by atoms with van der Waals surface area (Å²) in [5, 5.41) is 3.70. The van der Waals surface area contributed by atoms with E-state index in [2.05, 4.69) is 40.5 Å². The van der Waals surface area contributed by atoms with Crippen molar-refractivity contribution in [2.45, 2.75) is 52.2 Å². The van der Waals surface area contributed by atoms with Gasteiger partial charge in [-0.2, -0.15) is 0 Å². The van der Waals surface area contributed by atoms with Gasteiger partial charge < -0.3 is 9.88 Å². The van der Waals surface area contributed by atoms with E-state index in [1.54, 1.807) is 0 Å². The zero-order valence-corrected chi connectivity index (χ0v) is 12.5. The monoisotopic (exact) mass is 264 g/mol. The third-order valence-corrected chi connectivity index (χ3v) is 4.48. The van der Waals surface area contributed by atoms with Gasteiger partial charge in [0.25, 0.3) is 0 Å². The van der Waals surface area contributed by atoms with Crippen LogP contribution in [-0.2, 0) is 6.54 Å². The lowest BCUT2D eigenvalue weighted by Gasteiger charge is -2.41. The van der Waals surface area contributed by atoms with Crippen molar-refractivity contribution in [3.8, 4) is 0 Å². The molecule has 0 bridgehead atoms. The molecule has 108 valence electrons. The lowest BCUT2D eigenvalue weighted by molar-refractivity contribution is 0.116. The molecule has 1 N–H and O–H groups in total. The topological polar surface area (TPSA) is 33.1 Å². The highest BCUT2D eigenvalue weighted by Crippen LogP contribution is 2.15. The highest BCUT2D eigenvalue weighted by Gasteiger charge is 2.27. The predicted molar refractivity (Wildman–Crippen MR) is 79.1 cm³/mol. The van der Waals surface area contributed by atoms with Gasteiger partial charge in [0.15, 0.2) is 0 Å². The van der Waals surface area contributed by atoms with Gasteiger partial charge in [0.05, 0.1) is 6.33 Å². The van der Waals surface area contributed by atoms with Gasteiger partial charge in [-0.3, -0.25) is 4.90 Å². The molecular weight excluding hydrogens is 236 g/mol. The van der Waals surface area contributed by atoms with E-state index >= 15 is 0 Å². The number of hydrogen-bond donors (Lipinski definition) is 1. The maximum atomic E-state index is 4.09. The number of rotatable bonds is 6. The van der Waals surface area contributed by atoms with Crippen molar-refractivity contribution in [2.75, 3.05) is 19.6 Å². The Labute approximate surface area is 117 Å². The summed E-state index contributed by atoms with van der Waals surface area (Å²) in [6.45, 7) is 11.6. The third-order valence-electron chi connectivity index (χ3n) is 4.48. The number of aromatic nitrogens is 2. The first-order valence-corrected chi connectivity index (χ1v) is 7.64. The molecule has 2 heterocycles. The first-order valence-electron chi connectivity index (χ1n) is 7.64. The first kappa shape index (κ1) is 14.5. The second-order valence-corrected chi connectivity index (χ2v) is 5.90. The van der Waals surface area contributed by atoms with E-state index in [0.717, 1.165) is 19.0 Å². The Hall–Kier alpha value is -0.870. The quantitative estimate of drug-likeness (QED) is 0.853. The maximum absolute atomic E-state index is 4.09. The Bertz CT molecular complexity index is 349. The van der Waals surface area contributed by atoms with Crippen LogP contribution < -0.4 is 5.32 Å². The van der Waals surface area contributed by atoms with Crippen LogP contribution in [0.3, 0.4) is 0 Å². The van der Waals surface area contributed by atoms with Crippen LogP contribution in [0.5, 0.6) is 0 Å². The number of imidazole rings is 1. The lowest BCUT2D eigenvalue weighted by atomic mass is 9.95. The number of nitrogens with zero attached hydrogens (tertiary/aromatic N) is 3. The average Bonchev–Trinajstić information content (AvgIpc) is 2.93. The summed E-state index contributed by atoms with van der Waals surface area (Å²) < 4.78 is 2.17. The Kier molecular flexibility index (Phi) is 5.40. The van der Waals surface area contributed by atoms with Crippen LogP contribution in [0.15, 0.2) is 18.7 Å². The van der Waals surface area contributed by atoms with Gasteiger partial charge in [-0.25, -0.2) is 4.98 Å². The molecule has 4 nitrogen and oxygen atoms in total. The van der Waals surface area contributed by atoms with Crippen molar-refractivity contribution in [3.05, 3.63) is 18.7 Å². The van der Waals surface area contributed by atoms with Gasteiger partial charge in [-0.1, -0.05) is 20.3 Å². The molecular formula is C15H28N4. The molecule has 3 atom stereocenters. The fourth-order valence-electron chi connectivity index (χ4n) is 2.80. The van der Waals surface area contributed by atoms with Gasteiger partial charge in [-0.05, 0) is 19.3 Å². The molecule has 1 aliphatic rings. The third kappa shape index (κ3) is 4.05. The van der Waals surface area contributed by atoms with Crippen LogP contribution in [0.2, 0.25) is 0 Å². The molecule has 1 saturated heterocycles. The van der Waals surface area contributed by atoms with Crippen molar-refractivity contribution >= 4 is 0 Å². The molecule has 1 aliphatic heterocycles. The number of piperazine rings is 1. The minimum absolute atomic E-state index is 0.656.